The number of nitriles is 1. The lowest BCUT2D eigenvalue weighted by molar-refractivity contribution is 0.182. The molecule has 1 rings (SSSR count). The van der Waals surface area contributed by atoms with Crippen molar-refractivity contribution in [1.82, 2.24) is 0 Å². The standard InChI is InChI=1S/C9H6Cl3NO/c10-9(11,12)8(14)7-3-1-2-6(4-7)5-13/h1-4,8,14H. The molecule has 2 nitrogen and oxygen atoms in total. The zero-order chi connectivity index (χ0) is 10.8. The largest absolute Gasteiger partial charge is 0.384 e. The van der Waals surface area contributed by atoms with Gasteiger partial charge in [0, 0.05) is 0 Å². The van der Waals surface area contributed by atoms with Gasteiger partial charge in [-0.2, -0.15) is 5.26 Å². The lowest BCUT2D eigenvalue weighted by Gasteiger charge is -2.18. The van der Waals surface area contributed by atoms with Gasteiger partial charge in [0.1, 0.15) is 6.10 Å². The Kier molecular flexibility index (Phi) is 3.63. The normalized spacial score (nSPS) is 13.4. The van der Waals surface area contributed by atoms with Crippen molar-refractivity contribution >= 4 is 34.8 Å². The van der Waals surface area contributed by atoms with E-state index in [0.717, 1.165) is 0 Å². The molecule has 0 fully saturated rings. The van der Waals surface area contributed by atoms with Crippen LogP contribution in [0.4, 0.5) is 0 Å². The van der Waals surface area contributed by atoms with Gasteiger partial charge in [0.15, 0.2) is 0 Å². The van der Waals surface area contributed by atoms with Crippen LogP contribution in [0, 0.1) is 11.3 Å². The molecule has 74 valence electrons. The van der Waals surface area contributed by atoms with Crippen LogP contribution in [0.15, 0.2) is 24.3 Å². The van der Waals surface area contributed by atoms with Gasteiger partial charge in [0.2, 0.25) is 3.79 Å². The Labute approximate surface area is 96.6 Å². The van der Waals surface area contributed by atoms with Gasteiger partial charge in [-0.3, -0.25) is 0 Å². The van der Waals surface area contributed by atoms with Crippen LogP contribution in [-0.4, -0.2) is 8.90 Å². The van der Waals surface area contributed by atoms with Gasteiger partial charge in [-0.25, -0.2) is 0 Å². The first kappa shape index (κ1) is 11.6. The highest BCUT2D eigenvalue weighted by atomic mass is 35.6. The molecule has 0 aliphatic rings. The number of halogens is 3. The highest BCUT2D eigenvalue weighted by Crippen LogP contribution is 2.39. The second-order valence-corrected chi connectivity index (χ2v) is 5.05. The van der Waals surface area contributed by atoms with Gasteiger partial charge < -0.3 is 5.11 Å². The Hall–Kier alpha value is -0.460. The van der Waals surface area contributed by atoms with E-state index in [0.29, 0.717) is 11.1 Å². The summed E-state index contributed by atoms with van der Waals surface area (Å²) in [6.45, 7) is 0. The van der Waals surface area contributed by atoms with E-state index in [1.807, 2.05) is 6.07 Å². The van der Waals surface area contributed by atoms with E-state index in [1.54, 1.807) is 18.2 Å². The number of benzene rings is 1. The van der Waals surface area contributed by atoms with Gasteiger partial charge >= 0.3 is 0 Å². The average molecular weight is 251 g/mol. The fourth-order valence-corrected chi connectivity index (χ4v) is 1.35. The Morgan fingerprint density at radius 1 is 1.36 bits per heavy atom. The maximum atomic E-state index is 9.57. The summed E-state index contributed by atoms with van der Waals surface area (Å²) in [5.74, 6) is 0. The monoisotopic (exact) mass is 249 g/mol. The molecule has 0 aromatic heterocycles. The van der Waals surface area contributed by atoms with Crippen LogP contribution in [0.5, 0.6) is 0 Å². The van der Waals surface area contributed by atoms with Crippen molar-refractivity contribution in [1.29, 1.82) is 5.26 Å². The van der Waals surface area contributed by atoms with Crippen molar-refractivity contribution < 1.29 is 5.11 Å². The van der Waals surface area contributed by atoms with Crippen molar-refractivity contribution in [3.8, 4) is 6.07 Å². The van der Waals surface area contributed by atoms with Gasteiger partial charge in [-0.05, 0) is 17.7 Å². The second-order valence-electron chi connectivity index (χ2n) is 2.68. The predicted octanol–water partition coefficient (Wildman–Crippen LogP) is 2.96. The van der Waals surface area contributed by atoms with E-state index in [1.165, 1.54) is 6.07 Å². The van der Waals surface area contributed by atoms with Gasteiger partial charge in [-0.1, -0.05) is 46.9 Å². The van der Waals surface area contributed by atoms with Crippen LogP contribution in [0.2, 0.25) is 0 Å². The fourth-order valence-electron chi connectivity index (χ4n) is 0.967. The van der Waals surface area contributed by atoms with Gasteiger partial charge in [-0.15, -0.1) is 0 Å². The maximum absolute atomic E-state index is 9.57. The lowest BCUT2D eigenvalue weighted by atomic mass is 10.1. The molecule has 0 aliphatic heterocycles. The van der Waals surface area contributed by atoms with Gasteiger partial charge in [0.25, 0.3) is 0 Å². The summed E-state index contributed by atoms with van der Waals surface area (Å²) in [6, 6.07) is 8.23. The first-order valence-electron chi connectivity index (χ1n) is 3.70. The topological polar surface area (TPSA) is 44.0 Å². The Morgan fingerprint density at radius 2 is 2.00 bits per heavy atom. The Bertz CT molecular complexity index is 367. The zero-order valence-corrected chi connectivity index (χ0v) is 9.18. The summed E-state index contributed by atoms with van der Waals surface area (Å²) in [4.78, 5) is 0. The molecule has 0 saturated heterocycles. The first-order valence-corrected chi connectivity index (χ1v) is 4.83. The molecule has 0 amide bonds. The number of aliphatic hydroxyl groups is 1. The minimum absolute atomic E-state index is 0.407. The van der Waals surface area contributed by atoms with Crippen LogP contribution in [0.3, 0.4) is 0 Å². The number of rotatable bonds is 1. The minimum Gasteiger partial charge on any atom is -0.384 e. The SMILES string of the molecule is N#Cc1cccc(C(O)C(Cl)(Cl)Cl)c1. The molecule has 1 atom stereocenters. The van der Waals surface area contributed by atoms with E-state index >= 15 is 0 Å². The number of hydrogen-bond donors (Lipinski definition) is 1. The Morgan fingerprint density at radius 3 is 2.50 bits per heavy atom. The maximum Gasteiger partial charge on any atom is 0.220 e. The smallest absolute Gasteiger partial charge is 0.220 e. The third kappa shape index (κ3) is 2.76. The molecule has 0 bridgehead atoms. The molecule has 0 saturated carbocycles. The highest BCUT2D eigenvalue weighted by Gasteiger charge is 2.32. The molecule has 1 aromatic carbocycles. The molecule has 1 unspecified atom stereocenters. The van der Waals surface area contributed by atoms with Crippen molar-refractivity contribution in [3.05, 3.63) is 35.4 Å². The summed E-state index contributed by atoms with van der Waals surface area (Å²) < 4.78 is -1.78. The number of hydrogen-bond acceptors (Lipinski definition) is 2. The zero-order valence-electron chi connectivity index (χ0n) is 6.92. The number of nitrogens with zero attached hydrogens (tertiary/aromatic N) is 1. The molecular weight excluding hydrogens is 244 g/mol. The Balaban J connectivity index is 3.03. The molecule has 0 aliphatic carbocycles. The summed E-state index contributed by atoms with van der Waals surface area (Å²) in [6.07, 6.45) is -1.24. The third-order valence-electron chi connectivity index (χ3n) is 1.64. The van der Waals surface area contributed by atoms with E-state index in [-0.39, 0.29) is 0 Å². The lowest BCUT2D eigenvalue weighted by Crippen LogP contribution is -2.16. The van der Waals surface area contributed by atoms with Crippen molar-refractivity contribution in [2.45, 2.75) is 9.90 Å². The van der Waals surface area contributed by atoms with E-state index in [4.69, 9.17) is 40.1 Å². The molecule has 1 aromatic rings. The average Bonchev–Trinajstić information content (AvgIpc) is 2.15. The predicted molar refractivity (Wildman–Crippen MR) is 56.4 cm³/mol. The number of alkyl halides is 3. The van der Waals surface area contributed by atoms with Crippen LogP contribution in [0.25, 0.3) is 0 Å². The highest BCUT2D eigenvalue weighted by molar-refractivity contribution is 6.68. The van der Waals surface area contributed by atoms with Crippen LogP contribution >= 0.6 is 34.8 Å². The molecule has 5 heteroatoms. The van der Waals surface area contributed by atoms with E-state index < -0.39 is 9.90 Å². The molecule has 0 heterocycles. The van der Waals surface area contributed by atoms with Gasteiger partial charge in [0.05, 0.1) is 11.6 Å². The minimum atomic E-state index is -1.78. The van der Waals surface area contributed by atoms with Crippen molar-refractivity contribution in [2.75, 3.05) is 0 Å². The fraction of sp³-hybridized carbons (Fsp3) is 0.222. The van der Waals surface area contributed by atoms with Crippen LogP contribution in [0.1, 0.15) is 17.2 Å². The summed E-state index contributed by atoms with van der Waals surface area (Å²) in [5, 5.41) is 18.2. The first-order chi connectivity index (χ1) is 6.45. The second kappa shape index (κ2) is 4.37. The van der Waals surface area contributed by atoms with E-state index in [2.05, 4.69) is 0 Å². The molecule has 14 heavy (non-hydrogen) atoms. The molecular formula is C9H6Cl3NO. The summed E-state index contributed by atoms with van der Waals surface area (Å²) >= 11 is 16.5. The molecule has 0 radical (unpaired) electrons. The summed E-state index contributed by atoms with van der Waals surface area (Å²) in [7, 11) is 0. The van der Waals surface area contributed by atoms with Crippen LogP contribution < -0.4 is 0 Å². The van der Waals surface area contributed by atoms with E-state index in [9.17, 15) is 5.11 Å². The number of aliphatic hydroxyl groups excluding tert-OH is 1. The van der Waals surface area contributed by atoms with Crippen molar-refractivity contribution in [2.24, 2.45) is 0 Å². The molecule has 0 spiro atoms. The van der Waals surface area contributed by atoms with Crippen molar-refractivity contribution in [3.63, 3.8) is 0 Å². The van der Waals surface area contributed by atoms with Crippen LogP contribution in [-0.2, 0) is 0 Å². The molecule has 1 N–H and O–H groups in total. The quantitative estimate of drug-likeness (QED) is 0.779. The third-order valence-corrected chi connectivity index (χ3v) is 2.26. The summed E-state index contributed by atoms with van der Waals surface area (Å²) in [5.41, 5.74) is 0.819.